The Morgan fingerprint density at radius 3 is 2.67 bits per heavy atom. The van der Waals surface area contributed by atoms with Gasteiger partial charge in [-0.3, -0.25) is 9.48 Å². The zero-order valence-electron chi connectivity index (χ0n) is 11.4. The molecule has 0 saturated heterocycles. The summed E-state index contributed by atoms with van der Waals surface area (Å²) < 4.78 is 1.70. The molecular formula is C15H13N5O. The smallest absolute Gasteiger partial charge is 0.227 e. The highest BCUT2D eigenvalue weighted by Gasteiger charge is 2.04. The van der Waals surface area contributed by atoms with Crippen LogP contribution in [0, 0.1) is 0 Å². The van der Waals surface area contributed by atoms with Crippen molar-refractivity contribution in [1.82, 2.24) is 19.7 Å². The summed E-state index contributed by atoms with van der Waals surface area (Å²) in [7, 11) is 1.84. The molecule has 2 aromatic heterocycles. The summed E-state index contributed by atoms with van der Waals surface area (Å²) >= 11 is 0. The molecule has 1 aromatic carbocycles. The third-order valence-electron chi connectivity index (χ3n) is 2.96. The lowest BCUT2D eigenvalue weighted by Gasteiger charge is -2.05. The van der Waals surface area contributed by atoms with Gasteiger partial charge in [0.25, 0.3) is 0 Å². The molecule has 0 unspecified atom stereocenters. The number of nitrogens with zero attached hydrogens (tertiary/aromatic N) is 4. The third-order valence-corrected chi connectivity index (χ3v) is 2.96. The van der Waals surface area contributed by atoms with Crippen molar-refractivity contribution in [2.45, 2.75) is 0 Å². The van der Waals surface area contributed by atoms with Gasteiger partial charge in [-0.15, -0.1) is 0 Å². The average molecular weight is 279 g/mol. The molecule has 0 fully saturated rings. The fraction of sp³-hybridized carbons (Fsp3) is 0.0667. The van der Waals surface area contributed by atoms with Crippen molar-refractivity contribution in [2.24, 2.45) is 7.05 Å². The van der Waals surface area contributed by atoms with E-state index in [1.807, 2.05) is 31.4 Å². The van der Waals surface area contributed by atoms with Crippen molar-refractivity contribution in [2.75, 3.05) is 5.32 Å². The summed E-state index contributed by atoms with van der Waals surface area (Å²) in [6.45, 7) is 0. The van der Waals surface area contributed by atoms with Crippen LogP contribution in [0.1, 0.15) is 10.4 Å². The fourth-order valence-electron chi connectivity index (χ4n) is 1.93. The molecule has 104 valence electrons. The SMILES string of the molecule is Cn1cc(Nc2nccc(-c3ccc(C=O)cc3)n2)cn1. The first-order chi connectivity index (χ1) is 10.2. The molecule has 6 heteroatoms. The van der Waals surface area contributed by atoms with Gasteiger partial charge in [-0.25, -0.2) is 9.97 Å². The molecule has 3 rings (SSSR count). The molecule has 0 atom stereocenters. The summed E-state index contributed by atoms with van der Waals surface area (Å²) in [5, 5.41) is 7.17. The van der Waals surface area contributed by atoms with Crippen molar-refractivity contribution >= 4 is 17.9 Å². The first-order valence-corrected chi connectivity index (χ1v) is 6.39. The van der Waals surface area contributed by atoms with E-state index in [0.29, 0.717) is 11.5 Å². The number of aryl methyl sites for hydroxylation is 1. The van der Waals surface area contributed by atoms with Gasteiger partial charge in [-0.1, -0.05) is 24.3 Å². The minimum Gasteiger partial charge on any atom is -0.321 e. The van der Waals surface area contributed by atoms with Crippen molar-refractivity contribution in [3.63, 3.8) is 0 Å². The van der Waals surface area contributed by atoms with Gasteiger partial charge in [0.1, 0.15) is 6.29 Å². The zero-order chi connectivity index (χ0) is 14.7. The minimum atomic E-state index is 0.500. The molecule has 0 saturated carbocycles. The Morgan fingerprint density at radius 2 is 2.00 bits per heavy atom. The van der Waals surface area contributed by atoms with Crippen molar-refractivity contribution in [3.8, 4) is 11.3 Å². The molecule has 6 nitrogen and oxygen atoms in total. The number of aromatic nitrogens is 4. The second-order valence-electron chi connectivity index (χ2n) is 4.53. The number of hydrogen-bond donors (Lipinski definition) is 1. The van der Waals surface area contributed by atoms with Crippen molar-refractivity contribution in [1.29, 1.82) is 0 Å². The standard InChI is InChI=1S/C15H13N5O/c1-20-9-13(8-17-20)18-15-16-7-6-14(19-15)12-4-2-11(10-21)3-5-12/h2-10H,1H3,(H,16,18,19). The molecule has 0 radical (unpaired) electrons. The van der Waals surface area contributed by atoms with E-state index in [9.17, 15) is 4.79 Å². The summed E-state index contributed by atoms with van der Waals surface area (Å²) in [5.41, 5.74) is 3.18. The van der Waals surface area contributed by atoms with Gasteiger partial charge in [0, 0.05) is 30.6 Å². The van der Waals surface area contributed by atoms with Gasteiger partial charge >= 0.3 is 0 Å². The topological polar surface area (TPSA) is 72.7 Å². The molecule has 0 aliphatic carbocycles. The highest BCUT2D eigenvalue weighted by atomic mass is 16.1. The number of hydrogen-bond acceptors (Lipinski definition) is 5. The lowest BCUT2D eigenvalue weighted by atomic mass is 10.1. The van der Waals surface area contributed by atoms with E-state index in [4.69, 9.17) is 0 Å². The molecule has 1 N–H and O–H groups in total. The van der Waals surface area contributed by atoms with Crippen LogP contribution in [0.2, 0.25) is 0 Å². The van der Waals surface area contributed by atoms with Crippen LogP contribution in [-0.2, 0) is 7.05 Å². The van der Waals surface area contributed by atoms with Crippen LogP contribution >= 0.6 is 0 Å². The lowest BCUT2D eigenvalue weighted by molar-refractivity contribution is 0.112. The number of carbonyl (C=O) groups excluding carboxylic acids is 1. The Bertz CT molecular complexity index is 764. The van der Waals surface area contributed by atoms with Crippen LogP contribution in [0.4, 0.5) is 11.6 Å². The third kappa shape index (κ3) is 2.94. The fourth-order valence-corrected chi connectivity index (χ4v) is 1.93. The highest BCUT2D eigenvalue weighted by Crippen LogP contribution is 2.19. The van der Waals surface area contributed by atoms with E-state index >= 15 is 0 Å². The molecule has 0 spiro atoms. The summed E-state index contributed by atoms with van der Waals surface area (Å²) in [5.74, 6) is 0.500. The van der Waals surface area contributed by atoms with Gasteiger partial charge in [-0.05, 0) is 6.07 Å². The van der Waals surface area contributed by atoms with E-state index in [1.54, 1.807) is 29.2 Å². The molecule has 3 aromatic rings. The number of benzene rings is 1. The van der Waals surface area contributed by atoms with Crippen molar-refractivity contribution in [3.05, 3.63) is 54.5 Å². The first kappa shape index (κ1) is 13.0. The van der Waals surface area contributed by atoms with Gasteiger partial charge in [0.2, 0.25) is 5.95 Å². The molecule has 0 aliphatic heterocycles. The Labute approximate surface area is 121 Å². The average Bonchev–Trinajstić information content (AvgIpc) is 2.93. The van der Waals surface area contributed by atoms with Crippen LogP contribution < -0.4 is 5.32 Å². The maximum atomic E-state index is 10.7. The molecule has 21 heavy (non-hydrogen) atoms. The maximum Gasteiger partial charge on any atom is 0.227 e. The normalized spacial score (nSPS) is 10.3. The summed E-state index contributed by atoms with van der Waals surface area (Å²) in [6, 6.07) is 9.07. The van der Waals surface area contributed by atoms with Gasteiger partial charge < -0.3 is 5.32 Å². The van der Waals surface area contributed by atoms with E-state index < -0.39 is 0 Å². The van der Waals surface area contributed by atoms with Gasteiger partial charge in [-0.2, -0.15) is 5.10 Å². The summed E-state index contributed by atoms with van der Waals surface area (Å²) in [4.78, 5) is 19.3. The zero-order valence-corrected chi connectivity index (χ0v) is 11.4. The van der Waals surface area contributed by atoms with Crippen LogP contribution in [0.3, 0.4) is 0 Å². The molecular weight excluding hydrogens is 266 g/mol. The monoisotopic (exact) mass is 279 g/mol. The second-order valence-corrected chi connectivity index (χ2v) is 4.53. The van der Waals surface area contributed by atoms with Crippen LogP contribution in [0.25, 0.3) is 11.3 Å². The van der Waals surface area contributed by atoms with Crippen LogP contribution in [-0.4, -0.2) is 26.0 Å². The number of anilines is 2. The number of rotatable bonds is 4. The predicted octanol–water partition coefficient (Wildman–Crippen LogP) is 2.43. The summed E-state index contributed by atoms with van der Waals surface area (Å²) in [6.07, 6.45) is 6.05. The number of aldehydes is 1. The lowest BCUT2D eigenvalue weighted by Crippen LogP contribution is -1.97. The Balaban J connectivity index is 1.86. The minimum absolute atomic E-state index is 0.500. The molecule has 0 amide bonds. The quantitative estimate of drug-likeness (QED) is 0.742. The molecule has 0 bridgehead atoms. The predicted molar refractivity (Wildman–Crippen MR) is 79.3 cm³/mol. The van der Waals surface area contributed by atoms with Crippen LogP contribution in [0.5, 0.6) is 0 Å². The second kappa shape index (κ2) is 5.54. The number of carbonyl (C=O) groups is 1. The Morgan fingerprint density at radius 1 is 1.19 bits per heavy atom. The first-order valence-electron chi connectivity index (χ1n) is 6.39. The van der Waals surface area contributed by atoms with Gasteiger partial charge in [0.05, 0.1) is 17.6 Å². The van der Waals surface area contributed by atoms with E-state index in [1.165, 1.54) is 0 Å². The van der Waals surface area contributed by atoms with E-state index in [-0.39, 0.29) is 0 Å². The van der Waals surface area contributed by atoms with Crippen molar-refractivity contribution < 1.29 is 4.79 Å². The Hall–Kier alpha value is -3.02. The number of nitrogens with one attached hydrogen (secondary N) is 1. The highest BCUT2D eigenvalue weighted by molar-refractivity contribution is 5.76. The van der Waals surface area contributed by atoms with E-state index in [0.717, 1.165) is 23.2 Å². The van der Waals surface area contributed by atoms with Gasteiger partial charge in [0.15, 0.2) is 0 Å². The largest absolute Gasteiger partial charge is 0.321 e. The molecule has 0 aliphatic rings. The Kier molecular flexibility index (Phi) is 3.42. The van der Waals surface area contributed by atoms with Crippen LogP contribution in [0.15, 0.2) is 48.9 Å². The van der Waals surface area contributed by atoms with E-state index in [2.05, 4.69) is 20.4 Å². The molecule has 2 heterocycles. The maximum absolute atomic E-state index is 10.7.